The number of pyridine rings is 1. The average molecular weight is 164 g/mol. The lowest BCUT2D eigenvalue weighted by Gasteiger charge is -2.22. The summed E-state index contributed by atoms with van der Waals surface area (Å²) in [6.45, 7) is 5.38. The zero-order valence-electron chi connectivity index (χ0n) is 7.99. The molecule has 1 unspecified atom stereocenters. The third-order valence-electron chi connectivity index (χ3n) is 2.28. The molecule has 12 heavy (non-hydrogen) atoms. The van der Waals surface area contributed by atoms with E-state index in [4.69, 9.17) is 0 Å². The molecule has 1 aromatic heterocycles. The van der Waals surface area contributed by atoms with E-state index in [-0.39, 0.29) is 0 Å². The van der Waals surface area contributed by atoms with Gasteiger partial charge in [-0.15, -0.1) is 0 Å². The maximum Gasteiger partial charge on any atom is 0.0572 e. The Morgan fingerprint density at radius 3 is 2.75 bits per heavy atom. The summed E-state index contributed by atoms with van der Waals surface area (Å²) in [4.78, 5) is 6.57. The number of nitrogens with zero attached hydrogens (tertiary/aromatic N) is 2. The molecule has 2 nitrogen and oxygen atoms in total. The highest BCUT2D eigenvalue weighted by atomic mass is 15.1. The van der Waals surface area contributed by atoms with Crippen molar-refractivity contribution in [3.63, 3.8) is 0 Å². The van der Waals surface area contributed by atoms with Crippen LogP contribution in [0, 0.1) is 0 Å². The van der Waals surface area contributed by atoms with Crippen LogP contribution in [0.1, 0.15) is 25.6 Å². The van der Waals surface area contributed by atoms with E-state index in [0.717, 1.165) is 12.2 Å². The lowest BCUT2D eigenvalue weighted by molar-refractivity contribution is 0.271. The molecule has 0 aliphatic heterocycles. The molecular formula is C10H16N2. The topological polar surface area (TPSA) is 16.1 Å². The second-order valence-electron chi connectivity index (χ2n) is 3.00. The van der Waals surface area contributed by atoms with Gasteiger partial charge in [-0.25, -0.2) is 0 Å². The zero-order chi connectivity index (χ0) is 8.97. The van der Waals surface area contributed by atoms with Crippen LogP contribution in [-0.2, 0) is 0 Å². The average Bonchev–Trinajstić information content (AvgIpc) is 2.17. The molecule has 1 atom stereocenters. The molecule has 0 radical (unpaired) electrons. The molecule has 0 fully saturated rings. The van der Waals surface area contributed by atoms with Crippen molar-refractivity contribution in [1.29, 1.82) is 0 Å². The minimum atomic E-state index is 0.413. The lowest BCUT2D eigenvalue weighted by Crippen LogP contribution is -2.22. The number of hydrogen-bond acceptors (Lipinski definition) is 2. The van der Waals surface area contributed by atoms with Crippen LogP contribution >= 0.6 is 0 Å². The molecule has 1 rings (SSSR count). The van der Waals surface area contributed by atoms with Gasteiger partial charge in [0.15, 0.2) is 0 Å². The first-order chi connectivity index (χ1) is 5.75. The zero-order valence-corrected chi connectivity index (χ0v) is 7.99. The monoisotopic (exact) mass is 164 g/mol. The summed E-state index contributed by atoms with van der Waals surface area (Å²) in [6, 6.07) is 6.46. The first kappa shape index (κ1) is 9.20. The van der Waals surface area contributed by atoms with Crippen molar-refractivity contribution < 1.29 is 0 Å². The van der Waals surface area contributed by atoms with Crippen molar-refractivity contribution in [3.05, 3.63) is 30.1 Å². The Morgan fingerprint density at radius 1 is 1.50 bits per heavy atom. The highest BCUT2D eigenvalue weighted by Crippen LogP contribution is 2.14. The minimum Gasteiger partial charge on any atom is -0.298 e. The van der Waals surface area contributed by atoms with E-state index in [9.17, 15) is 0 Å². The normalized spacial score (nSPS) is 13.3. The van der Waals surface area contributed by atoms with Crippen LogP contribution in [0.3, 0.4) is 0 Å². The van der Waals surface area contributed by atoms with E-state index in [0.29, 0.717) is 6.04 Å². The highest BCUT2D eigenvalue weighted by molar-refractivity contribution is 5.07. The largest absolute Gasteiger partial charge is 0.298 e. The first-order valence-corrected chi connectivity index (χ1v) is 4.37. The van der Waals surface area contributed by atoms with Gasteiger partial charge in [0.05, 0.1) is 5.69 Å². The van der Waals surface area contributed by atoms with Crippen LogP contribution in [0.25, 0.3) is 0 Å². The van der Waals surface area contributed by atoms with Crippen LogP contribution in [0.4, 0.5) is 0 Å². The third kappa shape index (κ3) is 2.05. The molecule has 2 heteroatoms. The summed E-state index contributed by atoms with van der Waals surface area (Å²) in [5, 5.41) is 0. The van der Waals surface area contributed by atoms with Crippen molar-refractivity contribution >= 4 is 0 Å². The Hall–Kier alpha value is -0.890. The Labute approximate surface area is 74.2 Å². The molecule has 0 bridgehead atoms. The quantitative estimate of drug-likeness (QED) is 0.680. The van der Waals surface area contributed by atoms with Gasteiger partial charge < -0.3 is 0 Å². The minimum absolute atomic E-state index is 0.413. The SMILES string of the molecule is CCN(C)C(C)c1ccccn1. The van der Waals surface area contributed by atoms with Gasteiger partial charge in [0, 0.05) is 12.2 Å². The van der Waals surface area contributed by atoms with Gasteiger partial charge in [0.2, 0.25) is 0 Å². The summed E-state index contributed by atoms with van der Waals surface area (Å²) in [5.41, 5.74) is 1.14. The molecule has 0 spiro atoms. The summed E-state index contributed by atoms with van der Waals surface area (Å²) in [7, 11) is 2.11. The van der Waals surface area contributed by atoms with Crippen LogP contribution in [0.15, 0.2) is 24.4 Å². The molecule has 66 valence electrons. The Kier molecular flexibility index (Phi) is 3.23. The van der Waals surface area contributed by atoms with Crippen LogP contribution in [0.2, 0.25) is 0 Å². The number of aromatic nitrogens is 1. The van der Waals surface area contributed by atoms with Crippen LogP contribution in [0.5, 0.6) is 0 Å². The molecular weight excluding hydrogens is 148 g/mol. The van der Waals surface area contributed by atoms with Crippen LogP contribution < -0.4 is 0 Å². The Balaban J connectivity index is 2.71. The van der Waals surface area contributed by atoms with Gasteiger partial charge in [-0.1, -0.05) is 13.0 Å². The van der Waals surface area contributed by atoms with E-state index >= 15 is 0 Å². The summed E-state index contributed by atoms with van der Waals surface area (Å²) >= 11 is 0. The molecule has 0 saturated heterocycles. The lowest BCUT2D eigenvalue weighted by atomic mass is 10.2. The summed E-state index contributed by atoms with van der Waals surface area (Å²) < 4.78 is 0. The smallest absolute Gasteiger partial charge is 0.0572 e. The Bertz CT molecular complexity index is 221. The first-order valence-electron chi connectivity index (χ1n) is 4.37. The maximum absolute atomic E-state index is 4.31. The van der Waals surface area contributed by atoms with Gasteiger partial charge in [-0.2, -0.15) is 0 Å². The van der Waals surface area contributed by atoms with Gasteiger partial charge in [-0.05, 0) is 32.6 Å². The van der Waals surface area contributed by atoms with Crippen molar-refractivity contribution in [3.8, 4) is 0 Å². The second kappa shape index (κ2) is 4.21. The van der Waals surface area contributed by atoms with Crippen molar-refractivity contribution in [1.82, 2.24) is 9.88 Å². The number of rotatable bonds is 3. The molecule has 0 amide bonds. The summed E-state index contributed by atoms with van der Waals surface area (Å²) in [6.07, 6.45) is 1.84. The van der Waals surface area contributed by atoms with E-state index in [2.05, 4.69) is 36.8 Å². The fraction of sp³-hybridized carbons (Fsp3) is 0.500. The van der Waals surface area contributed by atoms with Gasteiger partial charge in [-0.3, -0.25) is 9.88 Å². The van der Waals surface area contributed by atoms with Gasteiger partial charge in [0.25, 0.3) is 0 Å². The van der Waals surface area contributed by atoms with Crippen molar-refractivity contribution in [2.75, 3.05) is 13.6 Å². The molecule has 0 aliphatic rings. The molecule has 0 aromatic carbocycles. The molecule has 0 aliphatic carbocycles. The molecule has 0 N–H and O–H groups in total. The van der Waals surface area contributed by atoms with E-state index in [1.54, 1.807) is 0 Å². The standard InChI is InChI=1S/C10H16N2/c1-4-12(3)9(2)10-7-5-6-8-11-10/h5-9H,4H2,1-3H3. The molecule has 1 heterocycles. The van der Waals surface area contributed by atoms with Crippen molar-refractivity contribution in [2.45, 2.75) is 19.9 Å². The maximum atomic E-state index is 4.31. The number of hydrogen-bond donors (Lipinski definition) is 0. The summed E-state index contributed by atoms with van der Waals surface area (Å²) in [5.74, 6) is 0. The predicted molar refractivity (Wildman–Crippen MR) is 51.0 cm³/mol. The fourth-order valence-electron chi connectivity index (χ4n) is 1.12. The van der Waals surface area contributed by atoms with Gasteiger partial charge in [0.1, 0.15) is 0 Å². The van der Waals surface area contributed by atoms with E-state index in [1.807, 2.05) is 18.3 Å². The predicted octanol–water partition coefficient (Wildman–Crippen LogP) is 2.09. The van der Waals surface area contributed by atoms with Crippen LogP contribution in [-0.4, -0.2) is 23.5 Å². The van der Waals surface area contributed by atoms with E-state index in [1.165, 1.54) is 0 Å². The highest BCUT2D eigenvalue weighted by Gasteiger charge is 2.09. The molecule has 1 aromatic rings. The Morgan fingerprint density at radius 2 is 2.25 bits per heavy atom. The van der Waals surface area contributed by atoms with Gasteiger partial charge >= 0.3 is 0 Å². The van der Waals surface area contributed by atoms with Crippen molar-refractivity contribution in [2.24, 2.45) is 0 Å². The molecule has 0 saturated carbocycles. The van der Waals surface area contributed by atoms with E-state index < -0.39 is 0 Å². The second-order valence-corrected chi connectivity index (χ2v) is 3.00. The fourth-order valence-corrected chi connectivity index (χ4v) is 1.12. The third-order valence-corrected chi connectivity index (χ3v) is 2.28.